The molecule has 4 N–H and O–H groups in total. The number of hydrazone groups is 1. The first-order valence-electron chi connectivity index (χ1n) is 13.1. The van der Waals surface area contributed by atoms with Gasteiger partial charge in [-0.25, -0.2) is 15.2 Å². The number of nitrogens with two attached hydrogens (primary N) is 1. The lowest BCUT2D eigenvalue weighted by Crippen LogP contribution is -2.50. The summed E-state index contributed by atoms with van der Waals surface area (Å²) in [4.78, 5) is 50.6. The van der Waals surface area contributed by atoms with E-state index in [4.69, 9.17) is 20.2 Å². The number of carbonyl (C=O) groups is 3. The molecule has 0 unspecified atom stereocenters. The van der Waals surface area contributed by atoms with E-state index in [-0.39, 0.29) is 19.5 Å². The Labute approximate surface area is 233 Å². The van der Waals surface area contributed by atoms with Gasteiger partial charge < -0.3 is 30.3 Å². The highest BCUT2D eigenvalue weighted by Gasteiger charge is 2.35. The van der Waals surface area contributed by atoms with E-state index in [1.54, 1.807) is 27.0 Å². The van der Waals surface area contributed by atoms with Crippen molar-refractivity contribution < 1.29 is 23.9 Å². The van der Waals surface area contributed by atoms with Gasteiger partial charge in [-0.2, -0.15) is 10.1 Å². The standard InChI is InChI=1S/C27H36N8O5/c1-17-6-5-7-18(12-17)14-29-33-25-30-21-16-35(15-19(21)23(32-25)34-8-10-39-11-9-34)24(37)20(13-22(28)36)31-26(38)40-27(2,3)4/h5-7,12,14,20H,8-11,13,15-16H2,1-4H3,(H2,28,36)(H,31,38)(H,30,32,33)/b29-14+/t20-/m1/s1. The maximum absolute atomic E-state index is 13.5. The van der Waals surface area contributed by atoms with Crippen molar-refractivity contribution in [2.75, 3.05) is 36.6 Å². The van der Waals surface area contributed by atoms with Gasteiger partial charge in [0, 0.05) is 18.7 Å². The molecule has 1 saturated heterocycles. The molecule has 3 heterocycles. The van der Waals surface area contributed by atoms with Gasteiger partial charge in [-0.15, -0.1) is 0 Å². The molecule has 0 spiro atoms. The third-order valence-corrected chi connectivity index (χ3v) is 6.20. The van der Waals surface area contributed by atoms with Crippen LogP contribution in [0.4, 0.5) is 16.6 Å². The van der Waals surface area contributed by atoms with Crippen molar-refractivity contribution in [1.29, 1.82) is 0 Å². The predicted molar refractivity (Wildman–Crippen MR) is 149 cm³/mol. The highest BCUT2D eigenvalue weighted by Crippen LogP contribution is 2.31. The third-order valence-electron chi connectivity index (χ3n) is 6.20. The average molecular weight is 553 g/mol. The molecule has 4 rings (SSSR count). The fourth-order valence-corrected chi connectivity index (χ4v) is 4.47. The van der Waals surface area contributed by atoms with Crippen LogP contribution in [0.15, 0.2) is 29.4 Å². The number of alkyl carbamates (subject to hydrolysis) is 1. The van der Waals surface area contributed by atoms with Gasteiger partial charge in [0.1, 0.15) is 17.5 Å². The van der Waals surface area contributed by atoms with E-state index in [2.05, 4.69) is 25.7 Å². The first-order valence-corrected chi connectivity index (χ1v) is 13.1. The Balaban J connectivity index is 1.56. The molecule has 2 aliphatic rings. The number of benzene rings is 1. The largest absolute Gasteiger partial charge is 0.444 e. The van der Waals surface area contributed by atoms with Crippen LogP contribution in [0, 0.1) is 6.92 Å². The number of hydrogen-bond donors (Lipinski definition) is 3. The van der Waals surface area contributed by atoms with E-state index >= 15 is 0 Å². The lowest BCUT2D eigenvalue weighted by atomic mass is 10.1. The van der Waals surface area contributed by atoms with Gasteiger partial charge in [0.15, 0.2) is 0 Å². The van der Waals surface area contributed by atoms with Crippen molar-refractivity contribution in [3.63, 3.8) is 0 Å². The van der Waals surface area contributed by atoms with Crippen LogP contribution in [0.25, 0.3) is 0 Å². The van der Waals surface area contributed by atoms with Gasteiger partial charge in [0.2, 0.25) is 17.8 Å². The van der Waals surface area contributed by atoms with E-state index in [0.29, 0.717) is 43.8 Å². The lowest BCUT2D eigenvalue weighted by molar-refractivity contribution is -0.136. The monoisotopic (exact) mass is 552 g/mol. The van der Waals surface area contributed by atoms with Gasteiger partial charge >= 0.3 is 6.09 Å². The molecule has 13 heteroatoms. The summed E-state index contributed by atoms with van der Waals surface area (Å²) in [6, 6.07) is 6.72. The molecule has 0 bridgehead atoms. The smallest absolute Gasteiger partial charge is 0.408 e. The van der Waals surface area contributed by atoms with E-state index < -0.39 is 29.6 Å². The fraction of sp³-hybridized carbons (Fsp3) is 0.481. The number of rotatable bonds is 8. The summed E-state index contributed by atoms with van der Waals surface area (Å²) < 4.78 is 10.8. The highest BCUT2D eigenvalue weighted by molar-refractivity contribution is 5.91. The summed E-state index contributed by atoms with van der Waals surface area (Å²) in [5, 5.41) is 6.80. The van der Waals surface area contributed by atoms with Crippen molar-refractivity contribution >= 4 is 35.9 Å². The molecule has 3 amide bonds. The van der Waals surface area contributed by atoms with Crippen molar-refractivity contribution in [2.24, 2.45) is 10.8 Å². The Bertz CT molecular complexity index is 1290. The molecular formula is C27H36N8O5. The number of ether oxygens (including phenoxy) is 2. The minimum absolute atomic E-state index is 0.162. The van der Waals surface area contributed by atoms with Crippen molar-refractivity contribution in [2.45, 2.75) is 58.8 Å². The average Bonchev–Trinajstić information content (AvgIpc) is 3.31. The molecule has 0 saturated carbocycles. The van der Waals surface area contributed by atoms with E-state index in [9.17, 15) is 14.4 Å². The molecule has 2 aromatic rings. The van der Waals surface area contributed by atoms with E-state index in [1.807, 2.05) is 31.2 Å². The molecule has 1 atom stereocenters. The molecule has 1 aromatic carbocycles. The van der Waals surface area contributed by atoms with Crippen LogP contribution in [0.2, 0.25) is 0 Å². The Morgan fingerprint density at radius 3 is 2.62 bits per heavy atom. The third kappa shape index (κ3) is 7.65. The van der Waals surface area contributed by atoms with Gasteiger partial charge in [-0.3, -0.25) is 9.59 Å². The van der Waals surface area contributed by atoms with Crippen LogP contribution in [-0.2, 0) is 32.2 Å². The quantitative estimate of drug-likeness (QED) is 0.326. The summed E-state index contributed by atoms with van der Waals surface area (Å²) in [6.45, 7) is 9.86. The molecule has 0 aliphatic carbocycles. The molecule has 1 fully saturated rings. The summed E-state index contributed by atoms with van der Waals surface area (Å²) in [6.07, 6.45) is 0.508. The first kappa shape index (κ1) is 28.7. The predicted octanol–water partition coefficient (Wildman–Crippen LogP) is 1.68. The maximum atomic E-state index is 13.5. The molecule has 13 nitrogen and oxygen atoms in total. The number of morpholine rings is 1. The molecule has 1 aromatic heterocycles. The van der Waals surface area contributed by atoms with Crippen LogP contribution < -0.4 is 21.4 Å². The van der Waals surface area contributed by atoms with Gasteiger partial charge in [0.25, 0.3) is 0 Å². The van der Waals surface area contributed by atoms with Crippen LogP contribution in [0.3, 0.4) is 0 Å². The molecule has 214 valence electrons. The van der Waals surface area contributed by atoms with Crippen molar-refractivity contribution in [1.82, 2.24) is 20.2 Å². The number of nitrogens with one attached hydrogen (secondary N) is 2. The SMILES string of the molecule is Cc1cccc(/C=N/Nc2nc3c(c(N4CCOCC4)n2)CN(C(=O)[C@@H](CC(N)=O)NC(=O)OC(C)(C)C)C3)c1. The number of amides is 3. The normalized spacial score (nSPS) is 16.0. The Hall–Kier alpha value is -4.26. The number of nitrogens with zero attached hydrogens (tertiary/aromatic N) is 5. The number of aryl methyl sites for hydroxylation is 1. The number of carbonyl (C=O) groups excluding carboxylic acids is 3. The van der Waals surface area contributed by atoms with Crippen LogP contribution >= 0.6 is 0 Å². The summed E-state index contributed by atoms with van der Waals surface area (Å²) >= 11 is 0. The summed E-state index contributed by atoms with van der Waals surface area (Å²) in [7, 11) is 0. The Morgan fingerprint density at radius 1 is 1.20 bits per heavy atom. The second-order valence-electron chi connectivity index (χ2n) is 10.7. The van der Waals surface area contributed by atoms with Gasteiger partial charge in [-0.1, -0.05) is 29.8 Å². The second-order valence-corrected chi connectivity index (χ2v) is 10.7. The van der Waals surface area contributed by atoms with Crippen molar-refractivity contribution in [3.05, 3.63) is 46.6 Å². The topological polar surface area (TPSA) is 164 Å². The Kier molecular flexibility index (Phi) is 8.83. The Morgan fingerprint density at radius 2 is 1.95 bits per heavy atom. The lowest BCUT2D eigenvalue weighted by Gasteiger charge is -2.29. The number of hydrogen-bond acceptors (Lipinski definition) is 10. The first-order chi connectivity index (χ1) is 19.0. The van der Waals surface area contributed by atoms with Crippen LogP contribution in [0.5, 0.6) is 0 Å². The number of fused-ring (bicyclic) bond motifs is 1. The number of anilines is 2. The van der Waals surface area contributed by atoms with Crippen molar-refractivity contribution in [3.8, 4) is 0 Å². The van der Waals surface area contributed by atoms with E-state index in [0.717, 1.165) is 16.7 Å². The number of primary amides is 1. The minimum Gasteiger partial charge on any atom is -0.444 e. The van der Waals surface area contributed by atoms with Crippen LogP contribution in [-0.4, -0.2) is 76.9 Å². The van der Waals surface area contributed by atoms with Gasteiger partial charge in [-0.05, 0) is 33.3 Å². The fourth-order valence-electron chi connectivity index (χ4n) is 4.47. The minimum atomic E-state index is -1.18. The molecular weight excluding hydrogens is 516 g/mol. The molecule has 40 heavy (non-hydrogen) atoms. The summed E-state index contributed by atoms with van der Waals surface area (Å²) in [5.41, 5.74) is 11.0. The summed E-state index contributed by atoms with van der Waals surface area (Å²) in [5.74, 6) is -0.220. The molecule has 2 aliphatic heterocycles. The zero-order chi connectivity index (χ0) is 28.9. The second kappa shape index (κ2) is 12.3. The zero-order valence-corrected chi connectivity index (χ0v) is 23.3. The highest BCUT2D eigenvalue weighted by atomic mass is 16.6. The number of aromatic nitrogens is 2. The van der Waals surface area contributed by atoms with Gasteiger partial charge in [0.05, 0.1) is 44.6 Å². The zero-order valence-electron chi connectivity index (χ0n) is 23.3. The maximum Gasteiger partial charge on any atom is 0.408 e. The van der Waals surface area contributed by atoms with E-state index in [1.165, 1.54) is 4.90 Å². The molecule has 0 radical (unpaired) electrons. The van der Waals surface area contributed by atoms with Crippen LogP contribution in [0.1, 0.15) is 49.6 Å².